The second kappa shape index (κ2) is 6.76. The molecule has 1 fully saturated rings. The van der Waals surface area contributed by atoms with Gasteiger partial charge in [-0.25, -0.2) is 0 Å². The molecule has 3 N–H and O–H groups in total. The molecular weight excluding hydrogens is 248 g/mol. The van der Waals surface area contributed by atoms with Crippen LogP contribution in [0, 0.1) is 5.92 Å². The summed E-state index contributed by atoms with van der Waals surface area (Å²) in [6, 6.07) is 9.26. The minimum atomic E-state index is -0.552. The van der Waals surface area contributed by atoms with Gasteiger partial charge < -0.3 is 11.1 Å². The van der Waals surface area contributed by atoms with Crippen LogP contribution in [0.2, 0.25) is 0 Å². The average Bonchev–Trinajstić information content (AvgIpc) is 2.75. The zero-order chi connectivity index (χ0) is 12.3. The minimum absolute atomic E-state index is 0. The highest BCUT2D eigenvalue weighted by Gasteiger charge is 2.26. The molecule has 0 aromatic heterocycles. The van der Waals surface area contributed by atoms with E-state index in [9.17, 15) is 4.79 Å². The van der Waals surface area contributed by atoms with Crippen LogP contribution in [-0.4, -0.2) is 11.9 Å². The van der Waals surface area contributed by atoms with Crippen molar-refractivity contribution in [1.29, 1.82) is 0 Å². The van der Waals surface area contributed by atoms with Crippen LogP contribution in [0.25, 0.3) is 0 Å². The lowest BCUT2D eigenvalue weighted by Crippen LogP contribution is -2.41. The van der Waals surface area contributed by atoms with Crippen molar-refractivity contribution in [3.63, 3.8) is 0 Å². The number of amides is 1. The van der Waals surface area contributed by atoms with E-state index in [0.717, 1.165) is 12.0 Å². The lowest BCUT2D eigenvalue weighted by Gasteiger charge is -2.20. The normalized spacial score (nSPS) is 24.1. The van der Waals surface area contributed by atoms with Crippen molar-refractivity contribution in [2.75, 3.05) is 0 Å². The van der Waals surface area contributed by atoms with Crippen molar-refractivity contribution >= 4 is 18.3 Å². The van der Waals surface area contributed by atoms with Crippen LogP contribution < -0.4 is 11.1 Å². The highest BCUT2D eigenvalue weighted by atomic mass is 35.5. The van der Waals surface area contributed by atoms with Gasteiger partial charge >= 0.3 is 0 Å². The van der Waals surface area contributed by atoms with Gasteiger partial charge in [-0.2, -0.15) is 0 Å². The number of carbonyl (C=O) groups is 1. The number of halogens is 1. The molecule has 0 radical (unpaired) electrons. The fourth-order valence-electron chi connectivity index (χ4n) is 2.44. The van der Waals surface area contributed by atoms with Crippen molar-refractivity contribution in [3.8, 4) is 0 Å². The first kappa shape index (κ1) is 15.0. The van der Waals surface area contributed by atoms with E-state index in [-0.39, 0.29) is 18.3 Å². The van der Waals surface area contributed by atoms with Gasteiger partial charge in [0.15, 0.2) is 0 Å². The second-order valence-corrected chi connectivity index (χ2v) is 4.91. The number of nitrogens with two attached hydrogens (primary N) is 1. The fourth-order valence-corrected chi connectivity index (χ4v) is 2.44. The van der Waals surface area contributed by atoms with Crippen LogP contribution in [0.5, 0.6) is 0 Å². The molecule has 1 aromatic carbocycles. The predicted octanol–water partition coefficient (Wildman–Crippen LogP) is 2.41. The number of rotatable bonds is 3. The molecule has 1 saturated carbocycles. The number of benzene rings is 1. The molecule has 0 bridgehead atoms. The molecule has 0 heterocycles. The molecule has 1 aromatic rings. The summed E-state index contributed by atoms with van der Waals surface area (Å²) in [7, 11) is 0. The lowest BCUT2D eigenvalue weighted by molar-refractivity contribution is -0.123. The molecular formula is C14H21ClN2O. The Morgan fingerprint density at radius 2 is 2.00 bits per heavy atom. The molecule has 1 aliphatic carbocycles. The third-order valence-corrected chi connectivity index (χ3v) is 3.63. The van der Waals surface area contributed by atoms with Crippen molar-refractivity contribution in [2.45, 2.75) is 38.3 Å². The Bertz CT molecular complexity index is 383. The molecule has 3 atom stereocenters. The monoisotopic (exact) mass is 268 g/mol. The zero-order valence-electron chi connectivity index (χ0n) is 10.6. The summed E-state index contributed by atoms with van der Waals surface area (Å²) in [6.45, 7) is 2.19. The van der Waals surface area contributed by atoms with E-state index in [1.54, 1.807) is 0 Å². The molecule has 3 unspecified atom stereocenters. The van der Waals surface area contributed by atoms with E-state index in [2.05, 4.69) is 12.2 Å². The van der Waals surface area contributed by atoms with Gasteiger partial charge in [0, 0.05) is 6.04 Å². The summed E-state index contributed by atoms with van der Waals surface area (Å²) in [5.41, 5.74) is 6.82. The van der Waals surface area contributed by atoms with Crippen LogP contribution in [-0.2, 0) is 4.79 Å². The predicted molar refractivity (Wildman–Crippen MR) is 75.6 cm³/mol. The highest BCUT2D eigenvalue weighted by Crippen LogP contribution is 2.25. The fraction of sp³-hybridized carbons (Fsp3) is 0.500. The van der Waals surface area contributed by atoms with E-state index in [1.165, 1.54) is 12.8 Å². The number of carbonyl (C=O) groups excluding carboxylic acids is 1. The Morgan fingerprint density at radius 1 is 1.33 bits per heavy atom. The van der Waals surface area contributed by atoms with E-state index in [1.807, 2.05) is 30.3 Å². The quantitative estimate of drug-likeness (QED) is 0.885. The van der Waals surface area contributed by atoms with Crippen molar-refractivity contribution in [2.24, 2.45) is 11.7 Å². The first-order chi connectivity index (χ1) is 8.18. The number of hydrogen-bond donors (Lipinski definition) is 2. The first-order valence-electron chi connectivity index (χ1n) is 6.29. The average molecular weight is 269 g/mol. The molecule has 2 rings (SSSR count). The maximum Gasteiger partial charge on any atom is 0.241 e. The smallest absolute Gasteiger partial charge is 0.241 e. The maximum absolute atomic E-state index is 12.0. The summed E-state index contributed by atoms with van der Waals surface area (Å²) < 4.78 is 0. The van der Waals surface area contributed by atoms with E-state index < -0.39 is 6.04 Å². The van der Waals surface area contributed by atoms with Gasteiger partial charge in [-0.1, -0.05) is 43.7 Å². The maximum atomic E-state index is 12.0. The summed E-state index contributed by atoms with van der Waals surface area (Å²) in [5, 5.41) is 3.06. The van der Waals surface area contributed by atoms with Crippen molar-refractivity contribution < 1.29 is 4.79 Å². The molecule has 4 heteroatoms. The summed E-state index contributed by atoms with van der Waals surface area (Å²) in [6.07, 6.45) is 3.48. The van der Waals surface area contributed by atoms with Crippen molar-refractivity contribution in [3.05, 3.63) is 35.9 Å². The second-order valence-electron chi connectivity index (χ2n) is 4.91. The number of nitrogens with one attached hydrogen (secondary N) is 1. The summed E-state index contributed by atoms with van der Waals surface area (Å²) >= 11 is 0. The molecule has 0 aliphatic heterocycles. The molecule has 1 amide bonds. The first-order valence-corrected chi connectivity index (χ1v) is 6.29. The Hall–Kier alpha value is -1.06. The van der Waals surface area contributed by atoms with Crippen LogP contribution in [0.4, 0.5) is 0 Å². The molecule has 3 nitrogen and oxygen atoms in total. The topological polar surface area (TPSA) is 55.1 Å². The standard InChI is InChI=1S/C14H20N2O.ClH/c1-10-6-5-9-12(10)16-14(17)13(15)11-7-3-2-4-8-11;/h2-4,7-8,10,12-13H,5-6,9,15H2,1H3,(H,16,17);1H. The molecule has 0 spiro atoms. The van der Waals surface area contributed by atoms with E-state index >= 15 is 0 Å². The largest absolute Gasteiger partial charge is 0.351 e. The SMILES string of the molecule is CC1CCCC1NC(=O)C(N)c1ccccc1.Cl. The minimum Gasteiger partial charge on any atom is -0.351 e. The zero-order valence-corrected chi connectivity index (χ0v) is 11.5. The van der Waals surface area contributed by atoms with Crippen LogP contribution in [0.1, 0.15) is 37.8 Å². The van der Waals surface area contributed by atoms with E-state index in [4.69, 9.17) is 5.73 Å². The highest BCUT2D eigenvalue weighted by molar-refractivity contribution is 5.85. The Balaban J connectivity index is 0.00000162. The van der Waals surface area contributed by atoms with Gasteiger partial charge in [-0.05, 0) is 24.3 Å². The summed E-state index contributed by atoms with van der Waals surface area (Å²) in [4.78, 5) is 12.0. The Kier molecular flexibility index (Phi) is 5.63. The summed E-state index contributed by atoms with van der Waals surface area (Å²) in [5.74, 6) is 0.511. The Morgan fingerprint density at radius 3 is 2.56 bits per heavy atom. The van der Waals surface area contributed by atoms with Crippen LogP contribution >= 0.6 is 12.4 Å². The van der Waals surface area contributed by atoms with Gasteiger partial charge in [0.05, 0.1) is 0 Å². The molecule has 100 valence electrons. The van der Waals surface area contributed by atoms with Crippen LogP contribution in [0.3, 0.4) is 0 Å². The van der Waals surface area contributed by atoms with Gasteiger partial charge in [0.2, 0.25) is 5.91 Å². The molecule has 0 saturated heterocycles. The van der Waals surface area contributed by atoms with Gasteiger partial charge in [-0.3, -0.25) is 4.79 Å². The van der Waals surface area contributed by atoms with Crippen molar-refractivity contribution in [1.82, 2.24) is 5.32 Å². The van der Waals surface area contributed by atoms with Crippen LogP contribution in [0.15, 0.2) is 30.3 Å². The van der Waals surface area contributed by atoms with E-state index in [0.29, 0.717) is 12.0 Å². The molecule has 1 aliphatic rings. The molecule has 18 heavy (non-hydrogen) atoms. The Labute approximate surface area is 115 Å². The lowest BCUT2D eigenvalue weighted by atomic mass is 10.0. The van der Waals surface area contributed by atoms with Gasteiger partial charge in [0.25, 0.3) is 0 Å². The van der Waals surface area contributed by atoms with Gasteiger partial charge in [0.1, 0.15) is 6.04 Å². The number of hydrogen-bond acceptors (Lipinski definition) is 2. The third kappa shape index (κ3) is 3.47. The third-order valence-electron chi connectivity index (χ3n) is 3.63. The van der Waals surface area contributed by atoms with Gasteiger partial charge in [-0.15, -0.1) is 12.4 Å².